The van der Waals surface area contributed by atoms with E-state index in [0.29, 0.717) is 12.2 Å². The molecule has 2 N–H and O–H groups in total. The third-order valence-electron chi connectivity index (χ3n) is 4.51. The molecule has 0 bridgehead atoms. The van der Waals surface area contributed by atoms with Crippen LogP contribution in [0.15, 0.2) is 24.3 Å². The third-order valence-corrected chi connectivity index (χ3v) is 4.51. The molecule has 7 heteroatoms. The monoisotopic (exact) mass is 375 g/mol. The lowest BCUT2D eigenvalue weighted by Crippen LogP contribution is -2.51. The lowest BCUT2D eigenvalue weighted by molar-refractivity contribution is -0.140. The van der Waals surface area contributed by atoms with Crippen LogP contribution in [0.1, 0.15) is 46.6 Å². The fourth-order valence-corrected chi connectivity index (χ4v) is 3.01. The summed E-state index contributed by atoms with van der Waals surface area (Å²) in [6.07, 6.45) is 0.0909. The summed E-state index contributed by atoms with van der Waals surface area (Å²) < 4.78 is 5.17. The maximum absolute atomic E-state index is 12.9. The van der Waals surface area contributed by atoms with E-state index in [1.54, 1.807) is 25.7 Å². The first-order chi connectivity index (χ1) is 12.6. The van der Waals surface area contributed by atoms with Gasteiger partial charge in [0, 0.05) is 12.2 Å². The SMILES string of the molecule is CCC(C)[C@H]1C(=O)Nc2ccccc2CN1C(=O)CNC(=O)OC(C)(C)C. The normalized spacial score (nSPS) is 18.0. The number of alkyl carbamates (subject to hydrolysis) is 1. The molecule has 0 radical (unpaired) electrons. The fourth-order valence-electron chi connectivity index (χ4n) is 3.01. The number of rotatable bonds is 4. The molecule has 1 aromatic carbocycles. The summed E-state index contributed by atoms with van der Waals surface area (Å²) >= 11 is 0. The van der Waals surface area contributed by atoms with Crippen molar-refractivity contribution in [3.05, 3.63) is 29.8 Å². The first-order valence-electron chi connectivity index (χ1n) is 9.27. The molecular weight excluding hydrogens is 346 g/mol. The van der Waals surface area contributed by atoms with Gasteiger partial charge in [0.1, 0.15) is 18.2 Å². The standard InChI is InChI=1S/C20H29N3O4/c1-6-13(2)17-18(25)22-15-10-8-7-9-14(15)12-23(17)16(24)11-21-19(26)27-20(3,4)5/h7-10,13,17H,6,11-12H2,1-5H3,(H,21,26)(H,22,25)/t13?,17-/m0/s1. The summed E-state index contributed by atoms with van der Waals surface area (Å²) in [5.41, 5.74) is 0.932. The number of carbonyl (C=O) groups is 3. The molecule has 148 valence electrons. The minimum atomic E-state index is -0.657. The Bertz CT molecular complexity index is 711. The molecule has 1 heterocycles. The van der Waals surface area contributed by atoms with E-state index in [4.69, 9.17) is 4.74 Å². The molecule has 1 unspecified atom stereocenters. The Labute approximate surface area is 160 Å². The molecule has 0 aliphatic carbocycles. The van der Waals surface area contributed by atoms with Crippen LogP contribution in [-0.2, 0) is 20.9 Å². The lowest BCUT2D eigenvalue weighted by Gasteiger charge is -2.32. The average Bonchev–Trinajstić information content (AvgIpc) is 2.73. The summed E-state index contributed by atoms with van der Waals surface area (Å²) in [4.78, 5) is 39.1. The highest BCUT2D eigenvalue weighted by Gasteiger charge is 2.36. The summed E-state index contributed by atoms with van der Waals surface area (Å²) in [5.74, 6) is -0.553. The van der Waals surface area contributed by atoms with Gasteiger partial charge in [-0.2, -0.15) is 0 Å². The molecule has 1 aliphatic rings. The minimum absolute atomic E-state index is 0.0233. The van der Waals surface area contributed by atoms with Crippen LogP contribution < -0.4 is 10.6 Å². The maximum atomic E-state index is 12.9. The largest absolute Gasteiger partial charge is 0.444 e. The summed E-state index contributed by atoms with van der Waals surface area (Å²) in [7, 11) is 0. The zero-order valence-electron chi connectivity index (χ0n) is 16.7. The van der Waals surface area contributed by atoms with E-state index in [1.807, 2.05) is 38.1 Å². The number of hydrogen-bond donors (Lipinski definition) is 2. The number of hydrogen-bond acceptors (Lipinski definition) is 4. The van der Waals surface area contributed by atoms with Crippen LogP contribution >= 0.6 is 0 Å². The molecule has 0 aromatic heterocycles. The van der Waals surface area contributed by atoms with E-state index in [1.165, 1.54) is 0 Å². The molecule has 0 saturated heterocycles. The van der Waals surface area contributed by atoms with Crippen LogP contribution in [0.4, 0.5) is 10.5 Å². The van der Waals surface area contributed by atoms with E-state index < -0.39 is 17.7 Å². The highest BCUT2D eigenvalue weighted by molar-refractivity contribution is 5.99. The molecule has 7 nitrogen and oxygen atoms in total. The van der Waals surface area contributed by atoms with E-state index >= 15 is 0 Å². The number of benzene rings is 1. The van der Waals surface area contributed by atoms with E-state index in [2.05, 4.69) is 10.6 Å². The number of carbonyl (C=O) groups excluding carboxylic acids is 3. The van der Waals surface area contributed by atoms with Crippen molar-refractivity contribution in [2.45, 2.75) is 59.2 Å². The number of ether oxygens (including phenoxy) is 1. The topological polar surface area (TPSA) is 87.7 Å². The van der Waals surface area contributed by atoms with Crippen LogP contribution in [0.2, 0.25) is 0 Å². The van der Waals surface area contributed by atoms with Crippen molar-refractivity contribution in [1.29, 1.82) is 0 Å². The van der Waals surface area contributed by atoms with Crippen LogP contribution in [0, 0.1) is 5.92 Å². The second-order valence-electron chi connectivity index (χ2n) is 7.85. The lowest BCUT2D eigenvalue weighted by atomic mass is 9.96. The van der Waals surface area contributed by atoms with E-state index in [0.717, 1.165) is 12.0 Å². The summed E-state index contributed by atoms with van der Waals surface area (Å²) in [5, 5.41) is 5.41. The number of nitrogens with one attached hydrogen (secondary N) is 2. The third kappa shape index (κ3) is 5.45. The van der Waals surface area contributed by atoms with Crippen molar-refractivity contribution in [1.82, 2.24) is 10.2 Å². The Morgan fingerprint density at radius 2 is 2.00 bits per heavy atom. The van der Waals surface area contributed by atoms with Gasteiger partial charge in [0.2, 0.25) is 11.8 Å². The van der Waals surface area contributed by atoms with Crippen molar-refractivity contribution in [2.24, 2.45) is 5.92 Å². The molecule has 2 rings (SSSR count). The van der Waals surface area contributed by atoms with Gasteiger partial charge in [0.25, 0.3) is 0 Å². The van der Waals surface area contributed by atoms with Gasteiger partial charge < -0.3 is 20.3 Å². The summed E-state index contributed by atoms with van der Waals surface area (Å²) in [6.45, 7) is 9.27. The molecule has 27 heavy (non-hydrogen) atoms. The van der Waals surface area contributed by atoms with Gasteiger partial charge in [-0.3, -0.25) is 9.59 Å². The van der Waals surface area contributed by atoms with E-state index in [9.17, 15) is 14.4 Å². The predicted molar refractivity (Wildman–Crippen MR) is 103 cm³/mol. The number of nitrogens with zero attached hydrogens (tertiary/aromatic N) is 1. The molecule has 2 atom stereocenters. The fraction of sp³-hybridized carbons (Fsp3) is 0.550. The smallest absolute Gasteiger partial charge is 0.408 e. The Kier molecular flexibility index (Phi) is 6.46. The van der Waals surface area contributed by atoms with Gasteiger partial charge in [-0.15, -0.1) is 0 Å². The van der Waals surface area contributed by atoms with Crippen molar-refractivity contribution in [3.8, 4) is 0 Å². The number of para-hydroxylation sites is 1. The Morgan fingerprint density at radius 3 is 2.63 bits per heavy atom. The van der Waals surface area contributed by atoms with Gasteiger partial charge >= 0.3 is 6.09 Å². The minimum Gasteiger partial charge on any atom is -0.444 e. The van der Waals surface area contributed by atoms with Gasteiger partial charge in [-0.1, -0.05) is 38.5 Å². The molecule has 0 spiro atoms. The van der Waals surface area contributed by atoms with Crippen LogP contribution in [0.5, 0.6) is 0 Å². The molecule has 0 saturated carbocycles. The molecule has 1 aromatic rings. The molecule has 1 aliphatic heterocycles. The summed E-state index contributed by atoms with van der Waals surface area (Å²) in [6, 6.07) is 6.83. The molecular formula is C20H29N3O4. The molecule has 3 amide bonds. The highest BCUT2D eigenvalue weighted by atomic mass is 16.6. The quantitative estimate of drug-likeness (QED) is 0.847. The maximum Gasteiger partial charge on any atom is 0.408 e. The Morgan fingerprint density at radius 1 is 1.33 bits per heavy atom. The molecule has 0 fully saturated rings. The zero-order chi connectivity index (χ0) is 20.2. The average molecular weight is 375 g/mol. The van der Waals surface area contributed by atoms with Crippen molar-refractivity contribution >= 4 is 23.6 Å². The van der Waals surface area contributed by atoms with Gasteiger partial charge in [-0.25, -0.2) is 4.79 Å². The second-order valence-corrected chi connectivity index (χ2v) is 7.85. The zero-order valence-corrected chi connectivity index (χ0v) is 16.7. The first-order valence-corrected chi connectivity index (χ1v) is 9.27. The van der Waals surface area contributed by atoms with Gasteiger partial charge in [0.15, 0.2) is 0 Å². The number of fused-ring (bicyclic) bond motifs is 1. The van der Waals surface area contributed by atoms with E-state index in [-0.39, 0.29) is 24.3 Å². The van der Waals surface area contributed by atoms with Crippen LogP contribution in [0.25, 0.3) is 0 Å². The van der Waals surface area contributed by atoms with Gasteiger partial charge in [0.05, 0.1) is 0 Å². The van der Waals surface area contributed by atoms with Crippen LogP contribution in [-0.4, -0.2) is 41.0 Å². The number of anilines is 1. The Balaban J connectivity index is 2.19. The Hall–Kier alpha value is -2.57. The van der Waals surface area contributed by atoms with Gasteiger partial charge in [-0.05, 0) is 38.3 Å². The predicted octanol–water partition coefficient (Wildman–Crippen LogP) is 2.91. The second kappa shape index (κ2) is 8.41. The van der Waals surface area contributed by atoms with Crippen molar-refractivity contribution in [2.75, 3.05) is 11.9 Å². The van der Waals surface area contributed by atoms with Crippen molar-refractivity contribution in [3.63, 3.8) is 0 Å². The van der Waals surface area contributed by atoms with Crippen LogP contribution in [0.3, 0.4) is 0 Å². The highest BCUT2D eigenvalue weighted by Crippen LogP contribution is 2.27. The van der Waals surface area contributed by atoms with Crippen molar-refractivity contribution < 1.29 is 19.1 Å². The number of amides is 3. The first kappa shape index (κ1) is 20.7.